The minimum atomic E-state index is 0.639. The molecule has 0 rings (SSSR count). The number of nitrogens with one attached hydrogen (secondary N) is 1. The van der Waals surface area contributed by atoms with Crippen LogP contribution in [0.15, 0.2) is 11.6 Å². The zero-order valence-corrected chi connectivity index (χ0v) is 11.1. The van der Waals surface area contributed by atoms with E-state index in [4.69, 9.17) is 0 Å². The van der Waals surface area contributed by atoms with Crippen LogP contribution in [0.3, 0.4) is 0 Å². The van der Waals surface area contributed by atoms with Crippen molar-refractivity contribution in [3.8, 4) is 0 Å². The molecule has 2 unspecified atom stereocenters. The fourth-order valence-electron chi connectivity index (χ4n) is 1.17. The van der Waals surface area contributed by atoms with Crippen molar-refractivity contribution in [1.82, 2.24) is 5.32 Å². The van der Waals surface area contributed by atoms with Crippen molar-refractivity contribution < 1.29 is 0 Å². The summed E-state index contributed by atoms with van der Waals surface area (Å²) in [7, 11) is 0. The molecular weight excluding hydrogens is 190 g/mol. The van der Waals surface area contributed by atoms with Gasteiger partial charge in [-0.15, -0.1) is 0 Å². The third kappa shape index (κ3) is 8.64. The lowest BCUT2D eigenvalue weighted by atomic mass is 10.1. The molecule has 0 amide bonds. The van der Waals surface area contributed by atoms with Crippen LogP contribution in [0.5, 0.6) is 0 Å². The molecule has 14 heavy (non-hydrogen) atoms. The van der Waals surface area contributed by atoms with Crippen molar-refractivity contribution in [1.29, 1.82) is 0 Å². The van der Waals surface area contributed by atoms with E-state index in [1.54, 1.807) is 0 Å². The summed E-state index contributed by atoms with van der Waals surface area (Å²) >= 11 is 1.92. The average molecular weight is 215 g/mol. The van der Waals surface area contributed by atoms with Crippen LogP contribution in [0.1, 0.15) is 40.5 Å². The fraction of sp³-hybridized carbons (Fsp3) is 0.833. The monoisotopic (exact) mass is 215 g/mol. The summed E-state index contributed by atoms with van der Waals surface area (Å²) in [6.07, 6.45) is 6.92. The Morgan fingerprint density at radius 1 is 1.36 bits per heavy atom. The first-order valence-electron chi connectivity index (χ1n) is 5.45. The van der Waals surface area contributed by atoms with Crippen molar-refractivity contribution >= 4 is 11.8 Å². The molecule has 0 aliphatic carbocycles. The number of thioether (sulfide) groups is 1. The molecule has 0 radical (unpaired) electrons. The van der Waals surface area contributed by atoms with Crippen LogP contribution < -0.4 is 5.32 Å². The molecule has 0 aliphatic rings. The average Bonchev–Trinajstić information content (AvgIpc) is 2.13. The van der Waals surface area contributed by atoms with E-state index in [1.165, 1.54) is 18.4 Å². The van der Waals surface area contributed by atoms with Crippen LogP contribution in [0.25, 0.3) is 0 Å². The molecule has 0 aliphatic heterocycles. The van der Waals surface area contributed by atoms with Crippen molar-refractivity contribution in [2.45, 2.75) is 51.8 Å². The Bertz CT molecular complexity index is 162. The van der Waals surface area contributed by atoms with Crippen molar-refractivity contribution in [3.05, 3.63) is 11.6 Å². The van der Waals surface area contributed by atoms with Crippen LogP contribution in [-0.4, -0.2) is 24.1 Å². The maximum atomic E-state index is 3.56. The molecule has 0 aromatic rings. The van der Waals surface area contributed by atoms with E-state index in [2.05, 4.69) is 45.3 Å². The highest BCUT2D eigenvalue weighted by Gasteiger charge is 2.02. The van der Waals surface area contributed by atoms with Gasteiger partial charge in [0.15, 0.2) is 0 Å². The number of hydrogen-bond donors (Lipinski definition) is 1. The Kier molecular flexibility index (Phi) is 8.40. The van der Waals surface area contributed by atoms with Gasteiger partial charge in [-0.3, -0.25) is 0 Å². The van der Waals surface area contributed by atoms with E-state index in [0.717, 1.165) is 11.8 Å². The summed E-state index contributed by atoms with van der Waals surface area (Å²) < 4.78 is 0. The van der Waals surface area contributed by atoms with Gasteiger partial charge in [-0.05, 0) is 39.9 Å². The lowest BCUT2D eigenvalue weighted by molar-refractivity contribution is 0.520. The second kappa shape index (κ2) is 8.37. The third-order valence-corrected chi connectivity index (χ3v) is 3.28. The normalized spacial score (nSPS) is 14.9. The molecule has 84 valence electrons. The van der Waals surface area contributed by atoms with Crippen molar-refractivity contribution in [2.75, 3.05) is 12.8 Å². The van der Waals surface area contributed by atoms with Gasteiger partial charge in [-0.1, -0.05) is 18.6 Å². The highest BCUT2D eigenvalue weighted by Crippen LogP contribution is 2.05. The van der Waals surface area contributed by atoms with Gasteiger partial charge in [0.25, 0.3) is 0 Å². The lowest BCUT2D eigenvalue weighted by Gasteiger charge is -2.15. The molecule has 0 fully saturated rings. The zero-order valence-electron chi connectivity index (χ0n) is 10.3. The molecule has 0 heterocycles. The molecule has 1 nitrogen and oxygen atoms in total. The Labute approximate surface area is 93.7 Å². The lowest BCUT2D eigenvalue weighted by Crippen LogP contribution is -2.31. The van der Waals surface area contributed by atoms with E-state index in [0.29, 0.717) is 6.04 Å². The van der Waals surface area contributed by atoms with Gasteiger partial charge in [-0.2, -0.15) is 11.8 Å². The van der Waals surface area contributed by atoms with Gasteiger partial charge in [-0.25, -0.2) is 0 Å². The van der Waals surface area contributed by atoms with Crippen LogP contribution >= 0.6 is 11.8 Å². The van der Waals surface area contributed by atoms with E-state index >= 15 is 0 Å². The second-order valence-electron chi connectivity index (χ2n) is 4.21. The van der Waals surface area contributed by atoms with Gasteiger partial charge < -0.3 is 5.32 Å². The summed E-state index contributed by atoms with van der Waals surface area (Å²) in [4.78, 5) is 0. The minimum absolute atomic E-state index is 0.639. The van der Waals surface area contributed by atoms with E-state index < -0.39 is 0 Å². The van der Waals surface area contributed by atoms with Crippen molar-refractivity contribution in [3.63, 3.8) is 0 Å². The largest absolute Gasteiger partial charge is 0.313 e. The highest BCUT2D eigenvalue weighted by atomic mass is 32.2. The SMILES string of the molecule is CSC(C)CNC(C)CCC=C(C)C. The minimum Gasteiger partial charge on any atom is -0.313 e. The first-order chi connectivity index (χ1) is 6.56. The molecule has 2 atom stereocenters. The second-order valence-corrected chi connectivity index (χ2v) is 5.49. The van der Waals surface area contributed by atoms with E-state index in [-0.39, 0.29) is 0 Å². The first-order valence-corrected chi connectivity index (χ1v) is 6.74. The summed E-state index contributed by atoms with van der Waals surface area (Å²) in [5, 5.41) is 4.28. The molecule has 2 heteroatoms. The summed E-state index contributed by atoms with van der Waals surface area (Å²) in [5.41, 5.74) is 1.43. The topological polar surface area (TPSA) is 12.0 Å². The maximum Gasteiger partial charge on any atom is 0.0141 e. The fourth-order valence-corrected chi connectivity index (χ4v) is 1.44. The van der Waals surface area contributed by atoms with E-state index in [9.17, 15) is 0 Å². The molecule has 0 saturated heterocycles. The van der Waals surface area contributed by atoms with Gasteiger partial charge in [0.2, 0.25) is 0 Å². The molecule has 0 saturated carbocycles. The molecule has 0 aromatic heterocycles. The Morgan fingerprint density at radius 2 is 2.00 bits per heavy atom. The number of hydrogen-bond acceptors (Lipinski definition) is 2. The van der Waals surface area contributed by atoms with Crippen LogP contribution in [0, 0.1) is 0 Å². The van der Waals surface area contributed by atoms with Crippen molar-refractivity contribution in [2.24, 2.45) is 0 Å². The Hall–Kier alpha value is 0.0500. The summed E-state index contributed by atoms with van der Waals surface area (Å²) in [6.45, 7) is 9.98. The van der Waals surface area contributed by atoms with E-state index in [1.807, 2.05) is 11.8 Å². The summed E-state index contributed by atoms with van der Waals surface area (Å²) in [6, 6.07) is 0.639. The Morgan fingerprint density at radius 3 is 2.50 bits per heavy atom. The summed E-state index contributed by atoms with van der Waals surface area (Å²) in [5.74, 6) is 0. The molecular formula is C12H25NS. The predicted octanol–water partition coefficient (Wildman–Crippen LogP) is 3.46. The first kappa shape index (κ1) is 14.1. The van der Waals surface area contributed by atoms with Crippen LogP contribution in [0.2, 0.25) is 0 Å². The van der Waals surface area contributed by atoms with Crippen LogP contribution in [0.4, 0.5) is 0 Å². The quantitative estimate of drug-likeness (QED) is 0.653. The highest BCUT2D eigenvalue weighted by molar-refractivity contribution is 7.99. The van der Waals surface area contributed by atoms with Gasteiger partial charge in [0, 0.05) is 17.8 Å². The van der Waals surface area contributed by atoms with Gasteiger partial charge in [0.1, 0.15) is 0 Å². The Balaban J connectivity index is 3.46. The maximum absolute atomic E-state index is 3.56. The predicted molar refractivity (Wildman–Crippen MR) is 69.1 cm³/mol. The molecule has 1 N–H and O–H groups in total. The standard InChI is InChI=1S/C12H25NS/c1-10(2)7-6-8-11(3)13-9-12(4)14-5/h7,11-13H,6,8-9H2,1-5H3. The smallest absolute Gasteiger partial charge is 0.0141 e. The molecule has 0 bridgehead atoms. The molecule has 0 aromatic carbocycles. The number of rotatable bonds is 7. The van der Waals surface area contributed by atoms with Gasteiger partial charge in [0.05, 0.1) is 0 Å². The molecule has 0 spiro atoms. The van der Waals surface area contributed by atoms with Gasteiger partial charge >= 0.3 is 0 Å². The number of allylic oxidation sites excluding steroid dienone is 2. The van der Waals surface area contributed by atoms with Crippen LogP contribution in [-0.2, 0) is 0 Å². The third-order valence-electron chi connectivity index (χ3n) is 2.31. The zero-order chi connectivity index (χ0) is 11.0.